The first-order valence-electron chi connectivity index (χ1n) is 7.54. The molecule has 4 nitrogen and oxygen atoms in total. The molecule has 0 atom stereocenters. The fourth-order valence-electron chi connectivity index (χ4n) is 2.11. The molecule has 2 aromatic rings. The molecular weight excluding hydrogens is 381 g/mol. The highest BCUT2D eigenvalue weighted by Gasteiger charge is 2.21. The molecule has 132 valence electrons. The summed E-state index contributed by atoms with van der Waals surface area (Å²) in [6.07, 6.45) is 2.99. The van der Waals surface area contributed by atoms with Crippen molar-refractivity contribution in [3.63, 3.8) is 0 Å². The number of carbonyl (C=O) groups excluding carboxylic acids is 2. The zero-order valence-corrected chi connectivity index (χ0v) is 16.3. The number of benzene rings is 1. The van der Waals surface area contributed by atoms with Gasteiger partial charge in [-0.25, -0.2) is 4.79 Å². The van der Waals surface area contributed by atoms with Crippen LogP contribution in [0.4, 0.5) is 5.00 Å². The van der Waals surface area contributed by atoms with Gasteiger partial charge in [0.25, 0.3) is 0 Å². The van der Waals surface area contributed by atoms with Crippen molar-refractivity contribution in [3.8, 4) is 0 Å². The van der Waals surface area contributed by atoms with Gasteiger partial charge in [0, 0.05) is 11.0 Å². The van der Waals surface area contributed by atoms with E-state index in [1.807, 2.05) is 13.8 Å². The average molecular weight is 398 g/mol. The third kappa shape index (κ3) is 4.84. The third-order valence-electron chi connectivity index (χ3n) is 3.47. The van der Waals surface area contributed by atoms with Crippen molar-refractivity contribution in [2.75, 3.05) is 11.9 Å². The lowest BCUT2D eigenvalue weighted by Gasteiger charge is -2.05. The molecule has 0 saturated carbocycles. The Kier molecular flexibility index (Phi) is 6.64. The minimum Gasteiger partial charge on any atom is -0.462 e. The van der Waals surface area contributed by atoms with Gasteiger partial charge in [0.2, 0.25) is 5.91 Å². The Morgan fingerprint density at radius 1 is 1.24 bits per heavy atom. The fourth-order valence-corrected chi connectivity index (χ4v) is 3.46. The van der Waals surface area contributed by atoms with Crippen molar-refractivity contribution in [2.24, 2.45) is 0 Å². The summed E-state index contributed by atoms with van der Waals surface area (Å²) in [6.45, 7) is 5.74. The second kappa shape index (κ2) is 8.52. The summed E-state index contributed by atoms with van der Waals surface area (Å²) in [5.41, 5.74) is 1.96. The maximum absolute atomic E-state index is 12.2. The Hall–Kier alpha value is -1.82. The van der Waals surface area contributed by atoms with Gasteiger partial charge in [-0.1, -0.05) is 29.3 Å². The molecule has 0 unspecified atom stereocenters. The van der Waals surface area contributed by atoms with Gasteiger partial charge in [-0.05, 0) is 50.1 Å². The summed E-state index contributed by atoms with van der Waals surface area (Å²) in [5, 5.41) is 4.09. The Morgan fingerprint density at radius 2 is 1.96 bits per heavy atom. The summed E-state index contributed by atoms with van der Waals surface area (Å²) in [6, 6.07) is 5.07. The predicted octanol–water partition coefficient (Wildman–Crippen LogP) is 5.50. The first-order chi connectivity index (χ1) is 11.8. The van der Waals surface area contributed by atoms with Crippen LogP contribution < -0.4 is 5.32 Å². The van der Waals surface area contributed by atoms with Crippen molar-refractivity contribution in [3.05, 3.63) is 55.9 Å². The SMILES string of the molecule is CCOC(=O)c1c(NC(=O)C=Cc2ccc(Cl)c(Cl)c2)sc(C)c1C. The molecule has 7 heteroatoms. The van der Waals surface area contributed by atoms with E-state index in [1.165, 1.54) is 17.4 Å². The number of carbonyl (C=O) groups is 2. The second-order valence-corrected chi connectivity index (χ2v) is 7.24. The van der Waals surface area contributed by atoms with Gasteiger partial charge in [-0.2, -0.15) is 0 Å². The molecule has 0 saturated heterocycles. The van der Waals surface area contributed by atoms with Crippen molar-refractivity contribution >= 4 is 57.5 Å². The highest BCUT2D eigenvalue weighted by Crippen LogP contribution is 2.33. The smallest absolute Gasteiger partial charge is 0.341 e. The summed E-state index contributed by atoms with van der Waals surface area (Å²) in [7, 11) is 0. The molecule has 2 rings (SSSR count). The van der Waals surface area contributed by atoms with E-state index in [9.17, 15) is 9.59 Å². The average Bonchev–Trinajstić information content (AvgIpc) is 2.83. The third-order valence-corrected chi connectivity index (χ3v) is 5.33. The van der Waals surface area contributed by atoms with E-state index in [4.69, 9.17) is 27.9 Å². The van der Waals surface area contributed by atoms with Crippen LogP contribution in [0, 0.1) is 13.8 Å². The number of hydrogen-bond acceptors (Lipinski definition) is 4. The van der Waals surface area contributed by atoms with Crippen LogP contribution in [0.2, 0.25) is 10.0 Å². The highest BCUT2D eigenvalue weighted by atomic mass is 35.5. The van der Waals surface area contributed by atoms with E-state index in [2.05, 4.69) is 5.32 Å². The van der Waals surface area contributed by atoms with E-state index in [1.54, 1.807) is 31.2 Å². The summed E-state index contributed by atoms with van der Waals surface area (Å²) in [5.74, 6) is -0.786. The van der Waals surface area contributed by atoms with Gasteiger partial charge in [-0.15, -0.1) is 11.3 Å². The molecule has 0 aliphatic carbocycles. The van der Waals surface area contributed by atoms with Crippen LogP contribution in [0.3, 0.4) is 0 Å². The molecule has 0 fully saturated rings. The molecule has 0 spiro atoms. The predicted molar refractivity (Wildman–Crippen MR) is 104 cm³/mol. The number of ether oxygens (including phenoxy) is 1. The number of rotatable bonds is 5. The Morgan fingerprint density at radius 3 is 2.60 bits per heavy atom. The van der Waals surface area contributed by atoms with Gasteiger partial charge in [0.1, 0.15) is 5.00 Å². The Balaban J connectivity index is 2.17. The molecule has 0 radical (unpaired) electrons. The van der Waals surface area contributed by atoms with Crippen molar-refractivity contribution in [2.45, 2.75) is 20.8 Å². The zero-order valence-electron chi connectivity index (χ0n) is 14.0. The lowest BCUT2D eigenvalue weighted by atomic mass is 10.1. The van der Waals surface area contributed by atoms with Crippen LogP contribution in [0.25, 0.3) is 6.08 Å². The van der Waals surface area contributed by atoms with Gasteiger partial charge in [0.15, 0.2) is 0 Å². The molecule has 1 heterocycles. The van der Waals surface area contributed by atoms with E-state index < -0.39 is 5.97 Å². The number of amides is 1. The summed E-state index contributed by atoms with van der Waals surface area (Å²) >= 11 is 13.2. The first-order valence-corrected chi connectivity index (χ1v) is 9.12. The zero-order chi connectivity index (χ0) is 18.6. The van der Waals surface area contributed by atoms with Crippen LogP contribution in [-0.4, -0.2) is 18.5 Å². The largest absolute Gasteiger partial charge is 0.462 e. The van der Waals surface area contributed by atoms with Crippen LogP contribution in [0.15, 0.2) is 24.3 Å². The standard InChI is InChI=1S/C18H17Cl2NO3S/c1-4-24-18(23)16-10(2)11(3)25-17(16)21-15(22)8-6-12-5-7-13(19)14(20)9-12/h5-9H,4H2,1-3H3,(H,21,22). The highest BCUT2D eigenvalue weighted by molar-refractivity contribution is 7.16. The molecule has 25 heavy (non-hydrogen) atoms. The number of aryl methyl sites for hydroxylation is 1. The van der Waals surface area contributed by atoms with Crippen LogP contribution in [-0.2, 0) is 9.53 Å². The minimum absolute atomic E-state index is 0.276. The van der Waals surface area contributed by atoms with Crippen molar-refractivity contribution < 1.29 is 14.3 Å². The molecule has 0 bridgehead atoms. The van der Waals surface area contributed by atoms with E-state index in [0.29, 0.717) is 20.6 Å². The minimum atomic E-state index is -0.437. The Labute approximate surface area is 160 Å². The maximum atomic E-state index is 12.2. The van der Waals surface area contributed by atoms with Gasteiger partial charge in [-0.3, -0.25) is 4.79 Å². The molecule has 1 N–H and O–H groups in total. The van der Waals surface area contributed by atoms with Crippen LogP contribution in [0.1, 0.15) is 33.3 Å². The second-order valence-electron chi connectivity index (χ2n) is 5.20. The number of hydrogen-bond donors (Lipinski definition) is 1. The molecule has 1 aromatic heterocycles. The van der Waals surface area contributed by atoms with E-state index in [-0.39, 0.29) is 12.5 Å². The summed E-state index contributed by atoms with van der Waals surface area (Å²) in [4.78, 5) is 25.3. The number of halogens is 2. The molecule has 0 aliphatic rings. The normalized spacial score (nSPS) is 10.9. The van der Waals surface area contributed by atoms with Crippen LogP contribution >= 0.6 is 34.5 Å². The lowest BCUT2D eigenvalue weighted by molar-refractivity contribution is -0.111. The van der Waals surface area contributed by atoms with Crippen molar-refractivity contribution in [1.29, 1.82) is 0 Å². The van der Waals surface area contributed by atoms with E-state index >= 15 is 0 Å². The van der Waals surface area contributed by atoms with Gasteiger partial charge >= 0.3 is 5.97 Å². The van der Waals surface area contributed by atoms with Gasteiger partial charge < -0.3 is 10.1 Å². The first kappa shape index (κ1) is 19.5. The number of nitrogens with one attached hydrogen (secondary N) is 1. The topological polar surface area (TPSA) is 55.4 Å². The van der Waals surface area contributed by atoms with Crippen molar-refractivity contribution in [1.82, 2.24) is 0 Å². The molecule has 1 amide bonds. The number of esters is 1. The number of thiophene rings is 1. The lowest BCUT2D eigenvalue weighted by Crippen LogP contribution is -2.12. The Bertz CT molecular complexity index is 843. The fraction of sp³-hybridized carbons (Fsp3) is 0.222. The van der Waals surface area contributed by atoms with Crippen LogP contribution in [0.5, 0.6) is 0 Å². The number of anilines is 1. The molecular formula is C18H17Cl2NO3S. The quantitative estimate of drug-likeness (QED) is 0.535. The van der Waals surface area contributed by atoms with Gasteiger partial charge in [0.05, 0.1) is 22.2 Å². The van der Waals surface area contributed by atoms with E-state index in [0.717, 1.165) is 16.0 Å². The molecule has 1 aromatic carbocycles. The molecule has 0 aliphatic heterocycles. The maximum Gasteiger partial charge on any atom is 0.341 e. The summed E-state index contributed by atoms with van der Waals surface area (Å²) < 4.78 is 5.07. The monoisotopic (exact) mass is 397 g/mol.